The van der Waals surface area contributed by atoms with Crippen LogP contribution in [0.2, 0.25) is 0 Å². The van der Waals surface area contributed by atoms with Crippen LogP contribution >= 0.6 is 0 Å². The Bertz CT molecular complexity index is 788. The Balaban J connectivity index is 1.66. The van der Waals surface area contributed by atoms with Gasteiger partial charge in [-0.05, 0) is 39.8 Å². The van der Waals surface area contributed by atoms with Crippen molar-refractivity contribution >= 4 is 5.91 Å². The van der Waals surface area contributed by atoms with Crippen molar-refractivity contribution in [2.24, 2.45) is 0 Å². The van der Waals surface area contributed by atoms with Crippen molar-refractivity contribution in [3.8, 4) is 11.5 Å². The van der Waals surface area contributed by atoms with E-state index in [2.05, 4.69) is 23.7 Å². The van der Waals surface area contributed by atoms with Gasteiger partial charge in [0, 0.05) is 44.4 Å². The fraction of sp³-hybridized carbons (Fsp3) is 0.545. The number of amides is 1. The molecule has 1 aromatic heterocycles. The van der Waals surface area contributed by atoms with Crippen LogP contribution in [0.25, 0.3) is 11.5 Å². The van der Waals surface area contributed by atoms with Gasteiger partial charge in [0.2, 0.25) is 11.8 Å². The molecule has 0 bridgehead atoms. The van der Waals surface area contributed by atoms with Gasteiger partial charge in [-0.2, -0.15) is 0 Å². The number of piperazine rings is 1. The molecule has 2 aromatic rings. The fourth-order valence-electron chi connectivity index (χ4n) is 3.86. The highest BCUT2D eigenvalue weighted by molar-refractivity contribution is 5.79. The van der Waals surface area contributed by atoms with E-state index in [0.717, 1.165) is 30.9 Å². The number of methoxy groups -OCH3 is 1. The summed E-state index contributed by atoms with van der Waals surface area (Å²) in [5, 5.41) is 0. The Hall–Kier alpha value is -2.18. The van der Waals surface area contributed by atoms with E-state index >= 15 is 0 Å². The maximum Gasteiger partial charge on any atom is 0.228 e. The lowest BCUT2D eigenvalue weighted by atomic mass is 10.1. The predicted molar refractivity (Wildman–Crippen MR) is 109 cm³/mol. The summed E-state index contributed by atoms with van der Waals surface area (Å²) in [7, 11) is 1.72. The van der Waals surface area contributed by atoms with E-state index in [-0.39, 0.29) is 12.3 Å². The van der Waals surface area contributed by atoms with Crippen molar-refractivity contribution in [3.05, 3.63) is 41.3 Å². The number of benzene rings is 1. The molecular weight excluding hydrogens is 354 g/mol. The van der Waals surface area contributed by atoms with Crippen LogP contribution in [0.1, 0.15) is 30.9 Å². The van der Waals surface area contributed by atoms with Crippen molar-refractivity contribution in [1.82, 2.24) is 14.8 Å². The maximum absolute atomic E-state index is 12.9. The zero-order chi connectivity index (χ0) is 20.3. The quantitative estimate of drug-likeness (QED) is 0.765. The minimum absolute atomic E-state index is 0.108. The Morgan fingerprint density at radius 2 is 1.82 bits per heavy atom. The maximum atomic E-state index is 12.9. The SMILES string of the molecule is COCCN1C(C)CN(C(=O)Cc2nc(-c3ccc(C)cc3)oc2C)CC1C. The van der Waals surface area contributed by atoms with Gasteiger partial charge in [0.15, 0.2) is 0 Å². The summed E-state index contributed by atoms with van der Waals surface area (Å²) in [6, 6.07) is 8.68. The van der Waals surface area contributed by atoms with Crippen molar-refractivity contribution in [2.45, 2.75) is 46.2 Å². The Kier molecular flexibility index (Phi) is 6.52. The molecule has 2 heterocycles. The van der Waals surface area contributed by atoms with Crippen LogP contribution in [-0.4, -0.2) is 66.1 Å². The second kappa shape index (κ2) is 8.88. The molecule has 2 atom stereocenters. The number of hydrogen-bond donors (Lipinski definition) is 0. The number of hydrogen-bond acceptors (Lipinski definition) is 5. The van der Waals surface area contributed by atoms with E-state index in [0.29, 0.717) is 30.3 Å². The van der Waals surface area contributed by atoms with Gasteiger partial charge in [-0.15, -0.1) is 0 Å². The van der Waals surface area contributed by atoms with Crippen molar-refractivity contribution in [2.75, 3.05) is 33.4 Å². The van der Waals surface area contributed by atoms with E-state index in [4.69, 9.17) is 9.15 Å². The number of carbonyl (C=O) groups excluding carboxylic acids is 1. The highest BCUT2D eigenvalue weighted by atomic mass is 16.5. The van der Waals surface area contributed by atoms with Gasteiger partial charge in [-0.1, -0.05) is 17.7 Å². The first-order valence-corrected chi connectivity index (χ1v) is 9.94. The number of carbonyl (C=O) groups is 1. The van der Waals surface area contributed by atoms with Gasteiger partial charge in [0.25, 0.3) is 0 Å². The smallest absolute Gasteiger partial charge is 0.228 e. The van der Waals surface area contributed by atoms with E-state index in [1.54, 1.807) is 7.11 Å². The minimum Gasteiger partial charge on any atom is -0.441 e. The molecule has 0 N–H and O–H groups in total. The summed E-state index contributed by atoms with van der Waals surface area (Å²) < 4.78 is 11.0. The largest absolute Gasteiger partial charge is 0.441 e. The average Bonchev–Trinajstić information content (AvgIpc) is 3.02. The lowest BCUT2D eigenvalue weighted by Crippen LogP contribution is -2.58. The molecule has 152 valence electrons. The van der Waals surface area contributed by atoms with Crippen LogP contribution in [-0.2, 0) is 16.0 Å². The number of ether oxygens (including phenoxy) is 1. The van der Waals surface area contributed by atoms with Crippen molar-refractivity contribution < 1.29 is 13.9 Å². The molecule has 0 saturated carbocycles. The summed E-state index contributed by atoms with van der Waals surface area (Å²) in [5.74, 6) is 1.40. The van der Waals surface area contributed by atoms with Crippen LogP contribution in [0, 0.1) is 13.8 Å². The second-order valence-corrected chi connectivity index (χ2v) is 7.79. The van der Waals surface area contributed by atoms with Gasteiger partial charge >= 0.3 is 0 Å². The summed E-state index contributed by atoms with van der Waals surface area (Å²) in [6.45, 7) is 11.3. The van der Waals surface area contributed by atoms with Gasteiger partial charge in [0.1, 0.15) is 5.76 Å². The van der Waals surface area contributed by atoms with Crippen LogP contribution in [0.5, 0.6) is 0 Å². The predicted octanol–water partition coefficient (Wildman–Crippen LogP) is 3.07. The minimum atomic E-state index is 0.108. The van der Waals surface area contributed by atoms with Gasteiger partial charge in [0.05, 0.1) is 18.7 Å². The van der Waals surface area contributed by atoms with Gasteiger partial charge in [-0.3, -0.25) is 9.69 Å². The summed E-state index contributed by atoms with van der Waals surface area (Å²) in [6.07, 6.45) is 0.276. The second-order valence-electron chi connectivity index (χ2n) is 7.79. The number of aryl methyl sites for hydroxylation is 2. The highest BCUT2D eigenvalue weighted by Gasteiger charge is 2.32. The molecule has 2 unspecified atom stereocenters. The van der Waals surface area contributed by atoms with E-state index in [1.165, 1.54) is 5.56 Å². The molecule has 1 saturated heterocycles. The Morgan fingerprint density at radius 1 is 1.18 bits per heavy atom. The average molecular weight is 386 g/mol. The zero-order valence-electron chi connectivity index (χ0n) is 17.6. The Morgan fingerprint density at radius 3 is 2.43 bits per heavy atom. The molecule has 1 aromatic carbocycles. The lowest BCUT2D eigenvalue weighted by molar-refractivity contribution is -0.135. The topological polar surface area (TPSA) is 58.8 Å². The lowest BCUT2D eigenvalue weighted by Gasteiger charge is -2.44. The molecule has 1 amide bonds. The van der Waals surface area contributed by atoms with Crippen LogP contribution < -0.4 is 0 Å². The van der Waals surface area contributed by atoms with Crippen LogP contribution in [0.3, 0.4) is 0 Å². The number of aromatic nitrogens is 1. The summed E-state index contributed by atoms with van der Waals surface area (Å²) >= 11 is 0. The molecule has 1 aliphatic heterocycles. The molecule has 1 aliphatic rings. The molecular formula is C22H31N3O3. The Labute approximate surface area is 167 Å². The third-order valence-electron chi connectivity index (χ3n) is 5.52. The number of oxazole rings is 1. The van der Waals surface area contributed by atoms with Gasteiger partial charge in [-0.25, -0.2) is 4.98 Å². The first-order chi connectivity index (χ1) is 13.4. The zero-order valence-corrected chi connectivity index (χ0v) is 17.6. The fourth-order valence-corrected chi connectivity index (χ4v) is 3.86. The molecule has 28 heavy (non-hydrogen) atoms. The third kappa shape index (κ3) is 4.62. The first-order valence-electron chi connectivity index (χ1n) is 9.94. The van der Waals surface area contributed by atoms with Crippen molar-refractivity contribution in [3.63, 3.8) is 0 Å². The standard InChI is InChI=1S/C22H31N3O3/c1-15-6-8-19(9-7-15)22-23-20(18(4)28-22)12-21(26)24-13-16(2)25(10-11-27-5)17(3)14-24/h6-9,16-17H,10-14H2,1-5H3. The molecule has 0 spiro atoms. The van der Waals surface area contributed by atoms with Crippen LogP contribution in [0.15, 0.2) is 28.7 Å². The summed E-state index contributed by atoms with van der Waals surface area (Å²) in [4.78, 5) is 21.9. The van der Waals surface area contributed by atoms with E-state index in [9.17, 15) is 4.79 Å². The first kappa shape index (κ1) is 20.6. The van der Waals surface area contributed by atoms with Crippen molar-refractivity contribution in [1.29, 1.82) is 0 Å². The van der Waals surface area contributed by atoms with E-state index < -0.39 is 0 Å². The van der Waals surface area contributed by atoms with E-state index in [1.807, 2.05) is 43.0 Å². The van der Waals surface area contributed by atoms with Gasteiger partial charge < -0.3 is 14.1 Å². The third-order valence-corrected chi connectivity index (χ3v) is 5.52. The summed E-state index contributed by atoms with van der Waals surface area (Å²) in [5.41, 5.74) is 2.85. The van der Waals surface area contributed by atoms with Crippen LogP contribution in [0.4, 0.5) is 0 Å². The monoisotopic (exact) mass is 385 g/mol. The normalized spacial score (nSPS) is 20.5. The number of rotatable bonds is 6. The molecule has 3 rings (SSSR count). The number of nitrogens with zero attached hydrogens (tertiary/aromatic N) is 3. The molecule has 0 aliphatic carbocycles. The molecule has 6 heteroatoms. The highest BCUT2D eigenvalue weighted by Crippen LogP contribution is 2.23. The molecule has 1 fully saturated rings. The molecule has 6 nitrogen and oxygen atoms in total. The molecule has 0 radical (unpaired) electrons.